The summed E-state index contributed by atoms with van der Waals surface area (Å²) in [5.74, 6) is -0.868. The van der Waals surface area contributed by atoms with Crippen molar-refractivity contribution in [1.29, 1.82) is 0 Å². The van der Waals surface area contributed by atoms with Gasteiger partial charge in [-0.2, -0.15) is 0 Å². The van der Waals surface area contributed by atoms with Gasteiger partial charge in [-0.05, 0) is 13.0 Å². The van der Waals surface area contributed by atoms with Crippen molar-refractivity contribution in [3.8, 4) is 0 Å². The van der Waals surface area contributed by atoms with Gasteiger partial charge in [-0.1, -0.05) is 6.92 Å². The van der Waals surface area contributed by atoms with Crippen LogP contribution < -0.4 is 5.32 Å². The molecule has 0 aliphatic carbocycles. The van der Waals surface area contributed by atoms with Crippen LogP contribution in [0.5, 0.6) is 0 Å². The van der Waals surface area contributed by atoms with Crippen LogP contribution in [0.4, 0.5) is 0 Å². The zero-order valence-electron chi connectivity index (χ0n) is 10.6. The molecule has 2 heterocycles. The van der Waals surface area contributed by atoms with Crippen LogP contribution in [0.1, 0.15) is 13.3 Å². The first-order chi connectivity index (χ1) is 8.20. The van der Waals surface area contributed by atoms with Crippen LogP contribution in [0, 0.1) is 5.92 Å². The molecular weight excluding hydrogens is 218 g/mol. The van der Waals surface area contributed by atoms with E-state index in [4.69, 9.17) is 5.11 Å². The Morgan fingerprint density at radius 3 is 2.59 bits per heavy atom. The molecule has 0 aromatic carbocycles. The number of piperazine rings is 1. The highest BCUT2D eigenvalue weighted by atomic mass is 16.4. The SMILES string of the molecule is CCN1CCN([C@@H]2CNC[C@H](C(=O)O)C2)CC1. The van der Waals surface area contributed by atoms with E-state index in [1.807, 2.05) is 0 Å². The fraction of sp³-hybridized carbons (Fsp3) is 0.917. The van der Waals surface area contributed by atoms with E-state index < -0.39 is 5.97 Å². The van der Waals surface area contributed by atoms with Crippen molar-refractivity contribution in [3.05, 3.63) is 0 Å². The predicted octanol–water partition coefficient (Wildman–Crippen LogP) is -0.313. The third-order valence-electron chi connectivity index (χ3n) is 4.05. The van der Waals surface area contributed by atoms with E-state index in [0.29, 0.717) is 12.6 Å². The molecule has 17 heavy (non-hydrogen) atoms. The van der Waals surface area contributed by atoms with E-state index >= 15 is 0 Å². The third kappa shape index (κ3) is 3.18. The van der Waals surface area contributed by atoms with Gasteiger partial charge in [0, 0.05) is 45.3 Å². The van der Waals surface area contributed by atoms with Gasteiger partial charge >= 0.3 is 5.97 Å². The van der Waals surface area contributed by atoms with E-state index in [9.17, 15) is 4.79 Å². The van der Waals surface area contributed by atoms with Gasteiger partial charge in [0.2, 0.25) is 0 Å². The highest BCUT2D eigenvalue weighted by Gasteiger charge is 2.31. The zero-order chi connectivity index (χ0) is 12.3. The van der Waals surface area contributed by atoms with Gasteiger partial charge < -0.3 is 15.3 Å². The largest absolute Gasteiger partial charge is 0.481 e. The van der Waals surface area contributed by atoms with Gasteiger partial charge in [0.25, 0.3) is 0 Å². The highest BCUT2D eigenvalue weighted by molar-refractivity contribution is 5.70. The number of hydrogen-bond donors (Lipinski definition) is 2. The molecule has 2 rings (SSSR count). The van der Waals surface area contributed by atoms with Crippen molar-refractivity contribution in [2.45, 2.75) is 19.4 Å². The maximum atomic E-state index is 11.0. The van der Waals surface area contributed by atoms with Crippen LogP contribution in [0.2, 0.25) is 0 Å². The monoisotopic (exact) mass is 241 g/mol. The van der Waals surface area contributed by atoms with Crippen molar-refractivity contribution in [3.63, 3.8) is 0 Å². The van der Waals surface area contributed by atoms with Gasteiger partial charge in [-0.25, -0.2) is 0 Å². The number of nitrogens with zero attached hydrogens (tertiary/aromatic N) is 2. The van der Waals surface area contributed by atoms with E-state index in [2.05, 4.69) is 22.0 Å². The van der Waals surface area contributed by atoms with Crippen molar-refractivity contribution in [1.82, 2.24) is 15.1 Å². The number of hydrogen-bond acceptors (Lipinski definition) is 4. The Hall–Kier alpha value is -0.650. The third-order valence-corrected chi connectivity index (χ3v) is 4.05. The first-order valence-corrected chi connectivity index (χ1v) is 6.60. The highest BCUT2D eigenvalue weighted by Crippen LogP contribution is 2.17. The predicted molar refractivity (Wildman–Crippen MR) is 66.1 cm³/mol. The molecule has 0 amide bonds. The number of carbonyl (C=O) groups is 1. The van der Waals surface area contributed by atoms with Gasteiger partial charge in [0.05, 0.1) is 5.92 Å². The molecule has 0 saturated carbocycles. The average molecular weight is 241 g/mol. The lowest BCUT2D eigenvalue weighted by Crippen LogP contribution is -2.56. The van der Waals surface area contributed by atoms with Crippen LogP contribution in [-0.2, 0) is 4.79 Å². The van der Waals surface area contributed by atoms with Crippen LogP contribution >= 0.6 is 0 Å². The van der Waals surface area contributed by atoms with Crippen LogP contribution in [-0.4, -0.2) is 72.7 Å². The molecule has 98 valence electrons. The molecule has 0 radical (unpaired) electrons. The normalized spacial score (nSPS) is 32.5. The molecule has 5 heteroatoms. The van der Waals surface area contributed by atoms with E-state index in [0.717, 1.165) is 45.7 Å². The number of likely N-dealkylation sites (N-methyl/N-ethyl adjacent to an activating group) is 1. The van der Waals surface area contributed by atoms with Gasteiger partial charge in [0.15, 0.2) is 0 Å². The lowest BCUT2D eigenvalue weighted by molar-refractivity contribution is -0.143. The molecule has 2 aliphatic heterocycles. The van der Waals surface area contributed by atoms with E-state index in [1.54, 1.807) is 0 Å². The fourth-order valence-electron chi connectivity index (χ4n) is 2.83. The summed E-state index contributed by atoms with van der Waals surface area (Å²) in [6, 6.07) is 0.406. The average Bonchev–Trinajstić information content (AvgIpc) is 2.39. The van der Waals surface area contributed by atoms with Gasteiger partial charge in [-0.15, -0.1) is 0 Å². The van der Waals surface area contributed by atoms with E-state index in [1.165, 1.54) is 0 Å². The Bertz CT molecular complexity index is 264. The van der Waals surface area contributed by atoms with Gasteiger partial charge in [-0.3, -0.25) is 9.69 Å². The molecule has 0 aromatic rings. The Kier molecular flexibility index (Phi) is 4.36. The maximum absolute atomic E-state index is 11.0. The first kappa shape index (κ1) is 12.8. The minimum absolute atomic E-state index is 0.210. The Balaban J connectivity index is 1.84. The Morgan fingerprint density at radius 2 is 2.00 bits per heavy atom. The summed E-state index contributed by atoms with van der Waals surface area (Å²) in [7, 11) is 0. The molecule has 0 unspecified atom stereocenters. The van der Waals surface area contributed by atoms with Crippen molar-refractivity contribution >= 4 is 5.97 Å². The van der Waals surface area contributed by atoms with Crippen molar-refractivity contribution in [2.24, 2.45) is 5.92 Å². The number of carboxylic acids is 1. The maximum Gasteiger partial charge on any atom is 0.307 e. The summed E-state index contributed by atoms with van der Waals surface area (Å²) in [4.78, 5) is 15.9. The molecule has 0 aromatic heterocycles. The summed E-state index contributed by atoms with van der Waals surface area (Å²) in [5, 5.41) is 12.3. The zero-order valence-corrected chi connectivity index (χ0v) is 10.6. The lowest BCUT2D eigenvalue weighted by Gasteiger charge is -2.41. The summed E-state index contributed by atoms with van der Waals surface area (Å²) in [6.07, 6.45) is 0.800. The fourth-order valence-corrected chi connectivity index (χ4v) is 2.83. The number of carboxylic acid groups (broad SMARTS) is 1. The molecule has 0 bridgehead atoms. The van der Waals surface area contributed by atoms with Crippen molar-refractivity contribution < 1.29 is 9.90 Å². The lowest BCUT2D eigenvalue weighted by atomic mass is 9.94. The molecular formula is C12H23N3O2. The topological polar surface area (TPSA) is 55.8 Å². The quantitative estimate of drug-likeness (QED) is 0.710. The molecule has 2 N–H and O–H groups in total. The van der Waals surface area contributed by atoms with Gasteiger partial charge in [0.1, 0.15) is 0 Å². The summed E-state index contributed by atoms with van der Waals surface area (Å²) >= 11 is 0. The second-order valence-corrected chi connectivity index (χ2v) is 5.05. The first-order valence-electron chi connectivity index (χ1n) is 6.60. The Labute approximate surface area is 103 Å². The molecule has 5 nitrogen and oxygen atoms in total. The summed E-state index contributed by atoms with van der Waals surface area (Å²) in [6.45, 7) is 9.26. The van der Waals surface area contributed by atoms with Crippen LogP contribution in [0.3, 0.4) is 0 Å². The molecule has 2 saturated heterocycles. The molecule has 0 spiro atoms. The molecule has 2 atom stereocenters. The smallest absolute Gasteiger partial charge is 0.307 e. The number of rotatable bonds is 3. The minimum atomic E-state index is -0.658. The van der Waals surface area contributed by atoms with E-state index in [-0.39, 0.29) is 5.92 Å². The number of aliphatic carboxylic acids is 1. The number of nitrogens with one attached hydrogen (secondary N) is 1. The standard InChI is InChI=1S/C12H23N3O2/c1-2-14-3-5-15(6-4-14)11-7-10(12(16)17)8-13-9-11/h10-11,13H,2-9H2,1H3,(H,16,17)/t10-,11+/m1/s1. The molecule has 2 fully saturated rings. The number of piperidine rings is 1. The van der Waals surface area contributed by atoms with Crippen LogP contribution in [0.25, 0.3) is 0 Å². The second kappa shape index (κ2) is 5.80. The van der Waals surface area contributed by atoms with Crippen LogP contribution in [0.15, 0.2) is 0 Å². The van der Waals surface area contributed by atoms with Crippen molar-refractivity contribution in [2.75, 3.05) is 45.8 Å². The molecule has 2 aliphatic rings. The summed E-state index contributed by atoms with van der Waals surface area (Å²) < 4.78 is 0. The Morgan fingerprint density at radius 1 is 1.29 bits per heavy atom. The minimum Gasteiger partial charge on any atom is -0.481 e. The second-order valence-electron chi connectivity index (χ2n) is 5.05. The summed E-state index contributed by atoms with van der Waals surface area (Å²) in [5.41, 5.74) is 0.